The largest absolute Gasteiger partial charge is 0.497 e. The summed E-state index contributed by atoms with van der Waals surface area (Å²) in [5, 5.41) is 9.36. The second-order valence-electron chi connectivity index (χ2n) is 18.5. The fraction of sp³-hybridized carbons (Fsp3) is 0.290. The van der Waals surface area contributed by atoms with Crippen LogP contribution >= 0.6 is 0 Å². The summed E-state index contributed by atoms with van der Waals surface area (Å²) < 4.78 is 60.4. The summed E-state index contributed by atoms with van der Waals surface area (Å²) in [6.07, 6.45) is -0.656. The first-order valence-electron chi connectivity index (χ1n) is 26.1. The predicted octanol–water partition coefficient (Wildman–Crippen LogP) is 8.16. The number of methoxy groups -OCH3 is 4. The van der Waals surface area contributed by atoms with Gasteiger partial charge in [-0.15, -0.1) is 0 Å². The number of nitrogens with one attached hydrogen (secondary N) is 2. The van der Waals surface area contributed by atoms with E-state index in [1.807, 2.05) is 84.9 Å². The Morgan fingerprint density at radius 3 is 1.20 bits per heavy atom. The summed E-state index contributed by atoms with van der Waals surface area (Å²) in [4.78, 5) is 53.4. The maximum absolute atomic E-state index is 13.5. The highest BCUT2D eigenvalue weighted by atomic mass is 16.6. The van der Waals surface area contributed by atoms with Gasteiger partial charge in [0.25, 0.3) is 11.1 Å². The maximum atomic E-state index is 13.5. The number of hydrogen-bond donors (Lipinski definition) is 2. The van der Waals surface area contributed by atoms with Gasteiger partial charge in [0.05, 0.1) is 63.8 Å². The first-order chi connectivity index (χ1) is 39.0. The van der Waals surface area contributed by atoms with Crippen LogP contribution in [0.3, 0.4) is 0 Å². The lowest BCUT2D eigenvalue weighted by Gasteiger charge is -2.22. The lowest BCUT2D eigenvalue weighted by Crippen LogP contribution is -2.41. The molecule has 0 aliphatic carbocycles. The predicted molar refractivity (Wildman–Crippen MR) is 305 cm³/mol. The lowest BCUT2D eigenvalue weighted by molar-refractivity contribution is -0.175. The van der Waals surface area contributed by atoms with Crippen molar-refractivity contribution in [1.29, 1.82) is 0 Å². The second kappa shape index (κ2) is 28.1. The zero-order valence-corrected chi connectivity index (χ0v) is 45.7. The molecule has 18 heteroatoms. The minimum absolute atomic E-state index is 0.109. The van der Waals surface area contributed by atoms with Gasteiger partial charge in [0.15, 0.2) is 23.0 Å². The molecule has 0 saturated carbocycles. The average Bonchev–Trinajstić information content (AvgIpc) is 3.53. The van der Waals surface area contributed by atoms with Crippen molar-refractivity contribution in [3.8, 4) is 68.5 Å². The number of carbonyl (C=O) groups excluding carboxylic acids is 2. The number of benzene rings is 6. The molecule has 0 spiro atoms. The van der Waals surface area contributed by atoms with Crippen molar-refractivity contribution in [2.45, 2.75) is 25.0 Å². The van der Waals surface area contributed by atoms with Crippen LogP contribution in [-0.4, -0.2) is 114 Å². The normalized spacial score (nSPS) is 11.8. The molecule has 80 heavy (non-hydrogen) atoms. The SMILES string of the molecule is COc1ccc2cc(-c3ccc(OCCCNCC(COc4ccccc4OC)OC(=O)C(=O)OC(CNCCCOc4ccc(-c5cc6ccc(OC)cc6c(=O)n5C)cc4)COc4ccccc4OC)cc3)n(C)c(=O)c2c1. The molecular weight excluding hydrogens is 1020 g/mol. The molecule has 2 unspecified atom stereocenters. The van der Waals surface area contributed by atoms with Crippen molar-refractivity contribution in [2.24, 2.45) is 14.1 Å². The van der Waals surface area contributed by atoms with E-state index in [1.165, 1.54) is 14.2 Å². The minimum atomic E-state index is -1.21. The van der Waals surface area contributed by atoms with Crippen LogP contribution in [0.2, 0.25) is 0 Å². The molecule has 0 fully saturated rings. The number of ether oxygens (including phenoxy) is 10. The van der Waals surface area contributed by atoms with Crippen LogP contribution in [0.4, 0.5) is 0 Å². The van der Waals surface area contributed by atoms with Gasteiger partial charge >= 0.3 is 11.9 Å². The molecule has 2 N–H and O–H groups in total. The molecule has 0 amide bonds. The number of carbonyl (C=O) groups is 2. The minimum Gasteiger partial charge on any atom is -0.497 e. The number of para-hydroxylation sites is 4. The van der Waals surface area contributed by atoms with Gasteiger partial charge in [-0.1, -0.05) is 36.4 Å². The van der Waals surface area contributed by atoms with Crippen LogP contribution < -0.4 is 59.6 Å². The molecular formula is C62H66N4O14. The molecule has 6 aromatic carbocycles. The van der Waals surface area contributed by atoms with Crippen LogP contribution in [0.15, 0.2) is 155 Å². The topological polar surface area (TPSA) is 194 Å². The Hall–Kier alpha value is -9.00. The maximum Gasteiger partial charge on any atom is 0.417 e. The molecule has 0 aliphatic heterocycles. The molecule has 2 aromatic heterocycles. The third-order valence-electron chi connectivity index (χ3n) is 13.2. The molecule has 0 radical (unpaired) electrons. The third-order valence-corrected chi connectivity index (χ3v) is 13.2. The monoisotopic (exact) mass is 1090 g/mol. The van der Waals surface area contributed by atoms with Crippen molar-refractivity contribution in [1.82, 2.24) is 19.8 Å². The fourth-order valence-electron chi connectivity index (χ4n) is 8.82. The highest BCUT2D eigenvalue weighted by Crippen LogP contribution is 2.30. The van der Waals surface area contributed by atoms with Gasteiger partial charge in [0.1, 0.15) is 48.4 Å². The highest BCUT2D eigenvalue weighted by molar-refractivity contribution is 6.29. The van der Waals surface area contributed by atoms with Crippen LogP contribution in [-0.2, 0) is 33.2 Å². The van der Waals surface area contributed by atoms with Gasteiger partial charge in [0, 0.05) is 27.2 Å². The summed E-state index contributed by atoms with van der Waals surface area (Å²) in [7, 11) is 9.68. The number of nitrogens with zero attached hydrogens (tertiary/aromatic N) is 2. The molecule has 418 valence electrons. The summed E-state index contributed by atoms with van der Waals surface area (Å²) in [5.74, 6) is 1.97. The Balaban J connectivity index is 0.828. The fourth-order valence-corrected chi connectivity index (χ4v) is 8.82. The Labute approximate surface area is 463 Å². The molecule has 18 nitrogen and oxygen atoms in total. The van der Waals surface area contributed by atoms with E-state index in [9.17, 15) is 19.2 Å². The number of fused-ring (bicyclic) bond motifs is 2. The van der Waals surface area contributed by atoms with E-state index in [-0.39, 0.29) is 37.4 Å². The Bertz CT molecular complexity index is 3260. The van der Waals surface area contributed by atoms with Crippen LogP contribution in [0, 0.1) is 0 Å². The average molecular weight is 1090 g/mol. The quantitative estimate of drug-likeness (QED) is 0.0271. The van der Waals surface area contributed by atoms with Crippen molar-refractivity contribution in [2.75, 3.05) is 81.0 Å². The van der Waals surface area contributed by atoms with E-state index in [0.717, 1.165) is 33.3 Å². The smallest absolute Gasteiger partial charge is 0.417 e. The molecule has 0 aliphatic rings. The van der Waals surface area contributed by atoms with Crippen molar-refractivity contribution < 1.29 is 57.0 Å². The van der Waals surface area contributed by atoms with Crippen molar-refractivity contribution >= 4 is 33.5 Å². The van der Waals surface area contributed by atoms with Gasteiger partial charge in [-0.05, 0) is 157 Å². The summed E-state index contributed by atoms with van der Waals surface area (Å²) in [5.41, 5.74) is 3.01. The summed E-state index contributed by atoms with van der Waals surface area (Å²) in [6, 6.07) is 44.1. The summed E-state index contributed by atoms with van der Waals surface area (Å²) in [6.45, 7) is 1.76. The van der Waals surface area contributed by atoms with E-state index in [0.29, 0.717) is 95.9 Å². The lowest BCUT2D eigenvalue weighted by atomic mass is 10.1. The Morgan fingerprint density at radius 2 is 0.825 bits per heavy atom. The molecule has 2 atom stereocenters. The van der Waals surface area contributed by atoms with E-state index in [2.05, 4.69) is 10.6 Å². The van der Waals surface area contributed by atoms with Gasteiger partial charge < -0.3 is 67.1 Å². The van der Waals surface area contributed by atoms with E-state index >= 15 is 0 Å². The Morgan fingerprint density at radius 1 is 0.450 bits per heavy atom. The van der Waals surface area contributed by atoms with E-state index in [4.69, 9.17) is 47.4 Å². The van der Waals surface area contributed by atoms with Gasteiger partial charge in [-0.2, -0.15) is 0 Å². The summed E-state index contributed by atoms with van der Waals surface area (Å²) >= 11 is 0. The van der Waals surface area contributed by atoms with Gasteiger partial charge in [0.2, 0.25) is 0 Å². The molecule has 8 aromatic rings. The third kappa shape index (κ3) is 14.8. The molecule has 0 saturated heterocycles. The van der Waals surface area contributed by atoms with E-state index in [1.54, 1.807) is 98.1 Å². The molecule has 0 bridgehead atoms. The Kier molecular flexibility index (Phi) is 20.1. The van der Waals surface area contributed by atoms with Crippen molar-refractivity contribution in [3.05, 3.63) is 166 Å². The number of pyridine rings is 2. The number of aromatic nitrogens is 2. The highest BCUT2D eigenvalue weighted by Gasteiger charge is 2.27. The number of hydrogen-bond acceptors (Lipinski definition) is 16. The zero-order valence-electron chi connectivity index (χ0n) is 45.7. The van der Waals surface area contributed by atoms with Crippen LogP contribution in [0.5, 0.6) is 46.0 Å². The number of esters is 2. The van der Waals surface area contributed by atoms with Gasteiger partial charge in [-0.25, -0.2) is 9.59 Å². The van der Waals surface area contributed by atoms with Gasteiger partial charge in [-0.3, -0.25) is 9.59 Å². The van der Waals surface area contributed by atoms with Crippen LogP contribution in [0.1, 0.15) is 12.8 Å². The second-order valence-corrected chi connectivity index (χ2v) is 18.5. The first kappa shape index (κ1) is 57.2. The first-order valence-corrected chi connectivity index (χ1v) is 26.1. The van der Waals surface area contributed by atoms with Crippen molar-refractivity contribution in [3.63, 3.8) is 0 Å². The van der Waals surface area contributed by atoms with Crippen LogP contribution in [0.25, 0.3) is 44.1 Å². The van der Waals surface area contributed by atoms with E-state index < -0.39 is 24.1 Å². The molecule has 8 rings (SSSR count). The molecule has 2 heterocycles. The zero-order chi connectivity index (χ0) is 56.4. The number of rotatable bonds is 28. The standard InChI is InChI=1S/C62H66N4O14/c1-65-53(33-43-21-27-47(71-3)35-51(43)59(65)67)41-17-23-45(24-18-41)75-31-11-29-63-37-49(39-77-57-15-9-7-13-55(57)73-5)79-61(69)62(70)80-50(40-78-58-16-10-8-14-56(58)74-6)38-64-30-12-32-76-46-25-19-42(20-26-46)54-34-44-22-28-48(72-4)36-52(44)60(68)66(54)2/h7-10,13-28,33-36,49-50,63-64H,11-12,29-32,37-40H2,1-6H3.